The van der Waals surface area contributed by atoms with E-state index in [1.165, 1.54) is 0 Å². The van der Waals surface area contributed by atoms with Gasteiger partial charge in [-0.25, -0.2) is 0 Å². The summed E-state index contributed by atoms with van der Waals surface area (Å²) in [6.07, 6.45) is 1.61. The van der Waals surface area contributed by atoms with Gasteiger partial charge < -0.3 is 19.6 Å². The molecule has 0 aliphatic carbocycles. The normalized spacial score (nSPS) is 17.8. The minimum Gasteiger partial charge on any atom is -0.507 e. The lowest BCUT2D eigenvalue weighted by Crippen LogP contribution is -2.32. The number of rotatable bonds is 9. The Morgan fingerprint density at radius 2 is 1.85 bits per heavy atom. The maximum absolute atomic E-state index is 13.1. The molecule has 3 rings (SSSR count). The number of carbonyl (C=O) groups is 2. The lowest BCUT2D eigenvalue weighted by atomic mass is 9.94. The topological polar surface area (TPSA) is 70.1 Å². The van der Waals surface area contributed by atoms with Gasteiger partial charge in [-0.1, -0.05) is 35.0 Å². The number of benzene rings is 2. The summed E-state index contributed by atoms with van der Waals surface area (Å²) in [5.41, 5.74) is 2.25. The molecule has 1 fully saturated rings. The fourth-order valence-corrected chi connectivity index (χ4v) is 4.25. The maximum atomic E-state index is 13.1. The molecule has 0 unspecified atom stereocenters. The molecule has 2 aromatic rings. The molecule has 0 saturated carbocycles. The number of aliphatic hydroxyl groups is 1. The highest BCUT2D eigenvalue weighted by Crippen LogP contribution is 2.40. The lowest BCUT2D eigenvalue weighted by molar-refractivity contribution is -0.139. The first-order valence-electron chi connectivity index (χ1n) is 11.2. The van der Waals surface area contributed by atoms with Gasteiger partial charge in [0.1, 0.15) is 11.5 Å². The second-order valence-electron chi connectivity index (χ2n) is 8.53. The van der Waals surface area contributed by atoms with Crippen LogP contribution < -0.4 is 4.74 Å². The number of nitrogens with zero attached hydrogens (tertiary/aromatic N) is 2. The Balaban J connectivity index is 2.05. The van der Waals surface area contributed by atoms with E-state index < -0.39 is 17.7 Å². The average Bonchev–Trinajstić information content (AvgIpc) is 3.03. The Morgan fingerprint density at radius 1 is 1.15 bits per heavy atom. The van der Waals surface area contributed by atoms with E-state index in [0.717, 1.165) is 40.7 Å². The van der Waals surface area contributed by atoms with Crippen molar-refractivity contribution in [2.45, 2.75) is 32.7 Å². The maximum Gasteiger partial charge on any atom is 0.295 e. The van der Waals surface area contributed by atoms with Crippen LogP contribution in [0.3, 0.4) is 0 Å². The molecule has 1 atom stereocenters. The molecule has 1 aliphatic heterocycles. The summed E-state index contributed by atoms with van der Waals surface area (Å²) in [4.78, 5) is 29.7. The minimum absolute atomic E-state index is 0.119. The zero-order valence-electron chi connectivity index (χ0n) is 19.6. The van der Waals surface area contributed by atoms with Crippen LogP contribution in [0, 0.1) is 6.92 Å². The molecule has 0 spiro atoms. The van der Waals surface area contributed by atoms with E-state index in [1.54, 1.807) is 23.1 Å². The number of carbonyl (C=O) groups excluding carboxylic acids is 2. The third kappa shape index (κ3) is 5.65. The smallest absolute Gasteiger partial charge is 0.295 e. The van der Waals surface area contributed by atoms with Crippen LogP contribution in [0.2, 0.25) is 0 Å². The highest BCUT2D eigenvalue weighted by molar-refractivity contribution is 9.10. The predicted octanol–water partition coefficient (Wildman–Crippen LogP) is 4.92. The fourth-order valence-electron chi connectivity index (χ4n) is 3.99. The number of ether oxygens (including phenoxy) is 1. The molecule has 1 amide bonds. The number of hydrogen-bond donors (Lipinski definition) is 1. The Morgan fingerprint density at radius 3 is 2.45 bits per heavy atom. The number of halogens is 1. The van der Waals surface area contributed by atoms with Gasteiger partial charge in [0.25, 0.3) is 11.7 Å². The number of aliphatic hydroxyl groups excluding tert-OH is 1. The third-order valence-electron chi connectivity index (χ3n) is 5.64. The van der Waals surface area contributed by atoms with Gasteiger partial charge in [-0.2, -0.15) is 0 Å². The Bertz CT molecular complexity index is 1050. The summed E-state index contributed by atoms with van der Waals surface area (Å²) >= 11 is 3.44. The number of hydrogen-bond acceptors (Lipinski definition) is 5. The predicted molar refractivity (Wildman–Crippen MR) is 133 cm³/mol. The number of likely N-dealkylation sites (tertiary alicyclic amines) is 1. The average molecular weight is 515 g/mol. The molecule has 6 nitrogen and oxygen atoms in total. The van der Waals surface area contributed by atoms with E-state index in [1.807, 2.05) is 57.1 Å². The largest absolute Gasteiger partial charge is 0.507 e. The summed E-state index contributed by atoms with van der Waals surface area (Å²) in [5.74, 6) is -0.666. The fraction of sp³-hybridized carbons (Fsp3) is 0.385. The van der Waals surface area contributed by atoms with Crippen LogP contribution >= 0.6 is 15.9 Å². The molecule has 1 heterocycles. The van der Waals surface area contributed by atoms with Crippen molar-refractivity contribution in [1.82, 2.24) is 9.80 Å². The Hall–Kier alpha value is -2.64. The van der Waals surface area contributed by atoms with Gasteiger partial charge in [-0.3, -0.25) is 9.59 Å². The SMILES string of the molecule is CCCOc1ccc(C(O)=C2C(=O)C(=O)N(CCCN(C)C)[C@H]2c2ccc(Br)cc2)cc1C. The molecule has 33 heavy (non-hydrogen) atoms. The van der Waals surface area contributed by atoms with Crippen LogP contribution in [0.4, 0.5) is 0 Å². The van der Waals surface area contributed by atoms with Crippen molar-refractivity contribution in [3.8, 4) is 5.75 Å². The summed E-state index contributed by atoms with van der Waals surface area (Å²) < 4.78 is 6.63. The monoisotopic (exact) mass is 514 g/mol. The molecule has 0 radical (unpaired) electrons. The first kappa shape index (κ1) is 25.0. The minimum atomic E-state index is -0.658. The van der Waals surface area contributed by atoms with Crippen molar-refractivity contribution < 1.29 is 19.4 Å². The molecule has 0 aromatic heterocycles. The van der Waals surface area contributed by atoms with Crippen molar-refractivity contribution >= 4 is 33.4 Å². The van der Waals surface area contributed by atoms with Crippen molar-refractivity contribution in [2.24, 2.45) is 0 Å². The molecule has 2 aromatic carbocycles. The van der Waals surface area contributed by atoms with Crippen LogP contribution in [0.5, 0.6) is 5.75 Å². The third-order valence-corrected chi connectivity index (χ3v) is 6.17. The molecule has 176 valence electrons. The van der Waals surface area contributed by atoms with Gasteiger partial charge >= 0.3 is 0 Å². The van der Waals surface area contributed by atoms with Gasteiger partial charge in [-0.05, 0) is 81.9 Å². The van der Waals surface area contributed by atoms with Crippen LogP contribution in [0.1, 0.15) is 42.5 Å². The molecular weight excluding hydrogens is 484 g/mol. The molecule has 0 bridgehead atoms. The summed E-state index contributed by atoms with van der Waals surface area (Å²) in [7, 11) is 3.94. The number of Topliss-reactive ketones (excluding diaryl/α,β-unsaturated/α-hetero) is 1. The molecule has 1 N–H and O–H groups in total. The highest BCUT2D eigenvalue weighted by Gasteiger charge is 2.45. The Labute approximate surface area is 204 Å². The summed E-state index contributed by atoms with van der Waals surface area (Å²) in [6.45, 7) is 5.74. The number of ketones is 1. The number of aryl methyl sites for hydroxylation is 1. The van der Waals surface area contributed by atoms with Gasteiger partial charge in [-0.15, -0.1) is 0 Å². The zero-order chi connectivity index (χ0) is 24.1. The quantitative estimate of drug-likeness (QED) is 0.292. The van der Waals surface area contributed by atoms with Gasteiger partial charge in [0.15, 0.2) is 0 Å². The van der Waals surface area contributed by atoms with Crippen LogP contribution in [0.25, 0.3) is 5.76 Å². The second kappa shape index (κ2) is 11.0. The van der Waals surface area contributed by atoms with Crippen molar-refractivity contribution in [2.75, 3.05) is 33.8 Å². The summed E-state index contributed by atoms with van der Waals surface area (Å²) in [6, 6.07) is 12.2. The standard InChI is InChI=1S/C26H31BrN2O4/c1-5-15-33-21-12-9-19(16-17(21)2)24(30)22-23(18-7-10-20(27)11-8-18)29(26(32)25(22)31)14-6-13-28(3)4/h7-12,16,23,30H,5-6,13-15H2,1-4H3/t23-/m0/s1. The molecule has 7 heteroatoms. The zero-order valence-corrected chi connectivity index (χ0v) is 21.2. The van der Waals surface area contributed by atoms with E-state index in [2.05, 4.69) is 15.9 Å². The van der Waals surface area contributed by atoms with E-state index in [0.29, 0.717) is 18.7 Å². The van der Waals surface area contributed by atoms with Crippen molar-refractivity contribution in [3.05, 3.63) is 69.2 Å². The Kier molecular flexibility index (Phi) is 8.32. The molecule has 1 saturated heterocycles. The lowest BCUT2D eigenvalue weighted by Gasteiger charge is -2.26. The van der Waals surface area contributed by atoms with Gasteiger partial charge in [0.05, 0.1) is 18.2 Å². The molecule has 1 aliphatic rings. The van der Waals surface area contributed by atoms with Crippen LogP contribution in [-0.4, -0.2) is 60.4 Å². The first-order valence-corrected chi connectivity index (χ1v) is 12.0. The van der Waals surface area contributed by atoms with Gasteiger partial charge in [0.2, 0.25) is 0 Å². The first-order chi connectivity index (χ1) is 15.7. The van der Waals surface area contributed by atoms with E-state index in [9.17, 15) is 14.7 Å². The van der Waals surface area contributed by atoms with E-state index in [-0.39, 0.29) is 11.3 Å². The van der Waals surface area contributed by atoms with E-state index >= 15 is 0 Å². The van der Waals surface area contributed by atoms with E-state index in [4.69, 9.17) is 4.74 Å². The highest BCUT2D eigenvalue weighted by atomic mass is 79.9. The van der Waals surface area contributed by atoms with Gasteiger partial charge in [0, 0.05) is 16.6 Å². The van der Waals surface area contributed by atoms with Crippen molar-refractivity contribution in [1.29, 1.82) is 0 Å². The second-order valence-corrected chi connectivity index (χ2v) is 9.45. The van der Waals surface area contributed by atoms with Crippen LogP contribution in [-0.2, 0) is 9.59 Å². The van der Waals surface area contributed by atoms with Crippen molar-refractivity contribution in [3.63, 3.8) is 0 Å². The van der Waals surface area contributed by atoms with Crippen LogP contribution in [0.15, 0.2) is 52.5 Å². The molecular formula is C26H31BrN2O4. The summed E-state index contributed by atoms with van der Waals surface area (Å²) in [5, 5.41) is 11.2. The number of amides is 1.